The largest absolute Gasteiger partial charge is 0.481 e. The number of carboxylic acids is 1. The fourth-order valence-electron chi connectivity index (χ4n) is 5.87. The van der Waals surface area contributed by atoms with Gasteiger partial charge in [-0.3, -0.25) is 14.4 Å². The van der Waals surface area contributed by atoms with Gasteiger partial charge in [0.25, 0.3) is 0 Å². The van der Waals surface area contributed by atoms with E-state index >= 15 is 0 Å². The third-order valence-corrected chi connectivity index (χ3v) is 7.32. The summed E-state index contributed by atoms with van der Waals surface area (Å²) in [7, 11) is 0. The molecule has 2 unspecified atom stereocenters. The van der Waals surface area contributed by atoms with Crippen LogP contribution < -0.4 is 0 Å². The SMILES string of the molecule is C=CCN(CCCCC)C(=O)C1N(CCCCCCO)C(=O)[C@@H]2[C@H](C(=O)O)[C@@H]3CCC12O3. The summed E-state index contributed by atoms with van der Waals surface area (Å²) in [5.74, 6) is -3.12. The number of carboxylic acid groups (broad SMARTS) is 1. The first-order chi connectivity index (χ1) is 15.4. The number of hydrogen-bond donors (Lipinski definition) is 2. The zero-order valence-electron chi connectivity index (χ0n) is 19.2. The van der Waals surface area contributed by atoms with Crippen molar-refractivity contribution >= 4 is 17.8 Å². The van der Waals surface area contributed by atoms with E-state index in [1.165, 1.54) is 0 Å². The minimum atomic E-state index is -1.04. The molecule has 2 amide bonds. The van der Waals surface area contributed by atoms with Gasteiger partial charge in [0.1, 0.15) is 11.6 Å². The molecule has 0 aromatic heterocycles. The Morgan fingerprint density at radius 1 is 1.25 bits per heavy atom. The molecule has 2 N–H and O–H groups in total. The van der Waals surface area contributed by atoms with Crippen LogP contribution in [-0.4, -0.2) is 81.8 Å². The van der Waals surface area contributed by atoms with Gasteiger partial charge in [-0.15, -0.1) is 6.58 Å². The molecule has 8 heteroatoms. The topological polar surface area (TPSA) is 107 Å². The molecule has 0 aromatic carbocycles. The van der Waals surface area contributed by atoms with E-state index in [1.807, 2.05) is 0 Å². The Bertz CT molecular complexity index is 713. The Labute approximate surface area is 190 Å². The van der Waals surface area contributed by atoms with Crippen molar-refractivity contribution in [2.45, 2.75) is 82.5 Å². The van der Waals surface area contributed by atoms with E-state index in [2.05, 4.69) is 13.5 Å². The van der Waals surface area contributed by atoms with Crippen molar-refractivity contribution in [3.8, 4) is 0 Å². The van der Waals surface area contributed by atoms with Gasteiger partial charge in [0.15, 0.2) is 0 Å². The molecule has 3 heterocycles. The van der Waals surface area contributed by atoms with Gasteiger partial charge < -0.3 is 24.7 Å². The van der Waals surface area contributed by atoms with Gasteiger partial charge in [-0.1, -0.05) is 38.7 Å². The molecule has 0 aromatic rings. The van der Waals surface area contributed by atoms with Crippen molar-refractivity contribution in [3.05, 3.63) is 12.7 Å². The molecule has 180 valence electrons. The van der Waals surface area contributed by atoms with Crippen molar-refractivity contribution < 1.29 is 29.3 Å². The predicted octanol–water partition coefficient (Wildman–Crippen LogP) is 2.20. The van der Waals surface area contributed by atoms with E-state index in [-0.39, 0.29) is 18.4 Å². The normalized spacial score (nSPS) is 30.6. The summed E-state index contributed by atoms with van der Waals surface area (Å²) >= 11 is 0. The summed E-state index contributed by atoms with van der Waals surface area (Å²) in [6.07, 6.45) is 8.30. The number of hydrogen-bond acceptors (Lipinski definition) is 5. The summed E-state index contributed by atoms with van der Waals surface area (Å²) in [4.78, 5) is 42.7. The first-order valence-electron chi connectivity index (χ1n) is 12.1. The minimum Gasteiger partial charge on any atom is -0.481 e. The zero-order chi connectivity index (χ0) is 23.3. The van der Waals surface area contributed by atoms with Crippen molar-refractivity contribution in [1.82, 2.24) is 9.80 Å². The quantitative estimate of drug-likeness (QED) is 0.310. The first kappa shape index (κ1) is 24.7. The van der Waals surface area contributed by atoms with E-state index in [9.17, 15) is 19.5 Å². The van der Waals surface area contributed by atoms with Crippen LogP contribution in [0.5, 0.6) is 0 Å². The summed E-state index contributed by atoms with van der Waals surface area (Å²) in [5.41, 5.74) is -1.04. The molecular formula is C24H38N2O6. The van der Waals surface area contributed by atoms with Crippen molar-refractivity contribution in [3.63, 3.8) is 0 Å². The molecule has 3 saturated heterocycles. The Kier molecular flexibility index (Phi) is 8.33. The summed E-state index contributed by atoms with van der Waals surface area (Å²) in [6, 6.07) is -0.784. The highest BCUT2D eigenvalue weighted by molar-refractivity contribution is 5.98. The lowest BCUT2D eigenvalue weighted by Gasteiger charge is -2.36. The number of rotatable bonds is 14. The number of carbonyl (C=O) groups is 3. The van der Waals surface area contributed by atoms with Crippen LogP contribution in [-0.2, 0) is 19.1 Å². The maximum Gasteiger partial charge on any atom is 0.310 e. The Morgan fingerprint density at radius 2 is 2.00 bits per heavy atom. The average Bonchev–Trinajstić information content (AvgIpc) is 3.40. The van der Waals surface area contributed by atoms with Gasteiger partial charge in [0.2, 0.25) is 11.8 Å². The molecule has 0 saturated carbocycles. The van der Waals surface area contributed by atoms with Gasteiger partial charge >= 0.3 is 5.97 Å². The molecule has 8 nitrogen and oxygen atoms in total. The molecule has 3 rings (SSSR count). The Balaban J connectivity index is 1.87. The van der Waals surface area contributed by atoms with Gasteiger partial charge in [-0.25, -0.2) is 0 Å². The summed E-state index contributed by atoms with van der Waals surface area (Å²) in [5, 5.41) is 18.8. The molecule has 1 spiro atoms. The van der Waals surface area contributed by atoms with Crippen LogP contribution in [0.15, 0.2) is 12.7 Å². The number of nitrogens with zero attached hydrogens (tertiary/aromatic N) is 2. The molecule has 3 aliphatic rings. The maximum absolute atomic E-state index is 13.8. The predicted molar refractivity (Wildman–Crippen MR) is 119 cm³/mol. The number of likely N-dealkylation sites (tertiary alicyclic amines) is 1. The van der Waals surface area contributed by atoms with Crippen LogP contribution in [0.2, 0.25) is 0 Å². The zero-order valence-corrected chi connectivity index (χ0v) is 19.2. The maximum atomic E-state index is 13.8. The van der Waals surface area contributed by atoms with E-state index in [0.29, 0.717) is 45.3 Å². The number of aliphatic hydroxyl groups excluding tert-OH is 1. The lowest BCUT2D eigenvalue weighted by atomic mass is 9.70. The third kappa shape index (κ3) is 4.44. The third-order valence-electron chi connectivity index (χ3n) is 7.32. The van der Waals surface area contributed by atoms with E-state index in [1.54, 1.807) is 15.9 Å². The van der Waals surface area contributed by atoms with Crippen LogP contribution in [0.3, 0.4) is 0 Å². The number of aliphatic carboxylic acids is 1. The molecule has 5 atom stereocenters. The van der Waals surface area contributed by atoms with Crippen LogP contribution >= 0.6 is 0 Å². The van der Waals surface area contributed by atoms with Crippen LogP contribution in [0, 0.1) is 11.8 Å². The van der Waals surface area contributed by atoms with Crippen LogP contribution in [0.1, 0.15) is 64.7 Å². The van der Waals surface area contributed by atoms with Gasteiger partial charge in [-0.2, -0.15) is 0 Å². The highest BCUT2D eigenvalue weighted by atomic mass is 16.5. The summed E-state index contributed by atoms with van der Waals surface area (Å²) < 4.78 is 6.24. The lowest BCUT2D eigenvalue weighted by molar-refractivity contribution is -0.151. The number of aliphatic hydroxyl groups is 1. The smallest absolute Gasteiger partial charge is 0.310 e. The monoisotopic (exact) mass is 450 g/mol. The molecular weight excluding hydrogens is 412 g/mol. The van der Waals surface area contributed by atoms with E-state index in [0.717, 1.165) is 32.1 Å². The van der Waals surface area contributed by atoms with Gasteiger partial charge in [0, 0.05) is 26.2 Å². The Morgan fingerprint density at radius 3 is 2.66 bits per heavy atom. The number of unbranched alkanes of at least 4 members (excludes halogenated alkanes) is 5. The van der Waals surface area contributed by atoms with Crippen LogP contribution in [0.25, 0.3) is 0 Å². The van der Waals surface area contributed by atoms with E-state index < -0.39 is 35.6 Å². The first-order valence-corrected chi connectivity index (χ1v) is 12.1. The molecule has 0 aliphatic carbocycles. The van der Waals surface area contributed by atoms with Gasteiger partial charge in [0.05, 0.1) is 17.9 Å². The second-order valence-electron chi connectivity index (χ2n) is 9.34. The molecule has 32 heavy (non-hydrogen) atoms. The molecule has 2 bridgehead atoms. The average molecular weight is 451 g/mol. The number of amides is 2. The van der Waals surface area contributed by atoms with Crippen molar-refractivity contribution in [1.29, 1.82) is 0 Å². The second-order valence-corrected chi connectivity index (χ2v) is 9.34. The highest BCUT2D eigenvalue weighted by Crippen LogP contribution is 2.58. The highest BCUT2D eigenvalue weighted by Gasteiger charge is 2.74. The van der Waals surface area contributed by atoms with Crippen molar-refractivity contribution in [2.24, 2.45) is 11.8 Å². The molecule has 0 radical (unpaired) electrons. The number of fused-ring (bicyclic) bond motifs is 1. The molecule has 3 aliphatic heterocycles. The minimum absolute atomic E-state index is 0.138. The lowest BCUT2D eigenvalue weighted by Crippen LogP contribution is -2.56. The van der Waals surface area contributed by atoms with Crippen molar-refractivity contribution in [2.75, 3.05) is 26.2 Å². The number of ether oxygens (including phenoxy) is 1. The Hall–Kier alpha value is -1.93. The second kappa shape index (κ2) is 10.8. The fourth-order valence-corrected chi connectivity index (χ4v) is 5.87. The fraction of sp³-hybridized carbons (Fsp3) is 0.792. The summed E-state index contributed by atoms with van der Waals surface area (Å²) in [6.45, 7) is 7.41. The number of carbonyl (C=O) groups excluding carboxylic acids is 2. The standard InChI is InChI=1S/C24H38N2O6/c1-3-5-8-14-25(13-4-2)22(29)20-24-12-11-17(32-24)18(23(30)31)19(24)21(28)26(20)15-9-6-7-10-16-27/h4,17-20,27H,2-3,5-16H2,1H3,(H,30,31)/t17-,18+,19-,20?,24?/m0/s1. The van der Waals surface area contributed by atoms with Gasteiger partial charge in [-0.05, 0) is 32.1 Å². The van der Waals surface area contributed by atoms with Crippen LogP contribution in [0.4, 0.5) is 0 Å². The molecule has 3 fully saturated rings. The van der Waals surface area contributed by atoms with E-state index in [4.69, 9.17) is 9.84 Å².